The number of carbonyl (C=O) groups excluding carboxylic acids is 1. The standard InChI is InChI=1S/C14H18BrNO3/c1-18-13-8-10(15)5-6-12(13)14(17)16-9-11-4-2-3-7-19-11/h5-6,8,11H,2-4,7,9H2,1H3,(H,16,17). The van der Waals surface area contributed by atoms with Crippen LogP contribution in [0.5, 0.6) is 5.75 Å². The molecule has 0 saturated carbocycles. The molecule has 104 valence electrons. The summed E-state index contributed by atoms with van der Waals surface area (Å²) >= 11 is 3.36. The van der Waals surface area contributed by atoms with Crippen molar-refractivity contribution in [1.29, 1.82) is 0 Å². The van der Waals surface area contributed by atoms with Crippen LogP contribution in [0, 0.1) is 0 Å². The molecule has 19 heavy (non-hydrogen) atoms. The Hall–Kier alpha value is -1.07. The molecule has 0 aromatic heterocycles. The van der Waals surface area contributed by atoms with Gasteiger partial charge in [-0.1, -0.05) is 15.9 Å². The zero-order chi connectivity index (χ0) is 13.7. The molecule has 0 radical (unpaired) electrons. The van der Waals surface area contributed by atoms with Crippen molar-refractivity contribution in [2.75, 3.05) is 20.3 Å². The van der Waals surface area contributed by atoms with E-state index < -0.39 is 0 Å². The second kappa shape index (κ2) is 6.91. The van der Waals surface area contributed by atoms with Crippen LogP contribution >= 0.6 is 15.9 Å². The Bertz CT molecular complexity index is 444. The van der Waals surface area contributed by atoms with Crippen LogP contribution in [0.2, 0.25) is 0 Å². The van der Waals surface area contributed by atoms with Gasteiger partial charge in [-0.05, 0) is 37.5 Å². The van der Waals surface area contributed by atoms with Crippen molar-refractivity contribution in [3.05, 3.63) is 28.2 Å². The van der Waals surface area contributed by atoms with Crippen molar-refractivity contribution in [3.63, 3.8) is 0 Å². The van der Waals surface area contributed by atoms with E-state index in [0.717, 1.165) is 23.9 Å². The lowest BCUT2D eigenvalue weighted by atomic mass is 10.1. The highest BCUT2D eigenvalue weighted by molar-refractivity contribution is 9.10. The molecule has 4 nitrogen and oxygen atoms in total. The van der Waals surface area contributed by atoms with Gasteiger partial charge in [0.25, 0.3) is 5.91 Å². The molecule has 0 spiro atoms. The average molecular weight is 328 g/mol. The SMILES string of the molecule is COc1cc(Br)ccc1C(=O)NCC1CCCCO1. The van der Waals surface area contributed by atoms with Gasteiger partial charge >= 0.3 is 0 Å². The molecule has 2 rings (SSSR count). The first-order chi connectivity index (χ1) is 9.20. The summed E-state index contributed by atoms with van der Waals surface area (Å²) in [5.74, 6) is 0.440. The van der Waals surface area contributed by atoms with E-state index in [1.807, 2.05) is 6.07 Å². The van der Waals surface area contributed by atoms with E-state index in [4.69, 9.17) is 9.47 Å². The highest BCUT2D eigenvalue weighted by atomic mass is 79.9. The molecule has 1 atom stereocenters. The number of nitrogens with one attached hydrogen (secondary N) is 1. The second-order valence-electron chi connectivity index (χ2n) is 4.54. The van der Waals surface area contributed by atoms with E-state index in [-0.39, 0.29) is 12.0 Å². The Morgan fingerprint density at radius 3 is 3.05 bits per heavy atom. The van der Waals surface area contributed by atoms with Gasteiger partial charge in [-0.2, -0.15) is 0 Å². The average Bonchev–Trinajstić information content (AvgIpc) is 2.45. The molecule has 1 aromatic rings. The summed E-state index contributed by atoms with van der Waals surface area (Å²) in [5.41, 5.74) is 0.543. The third-order valence-corrected chi connectivity index (χ3v) is 3.67. The lowest BCUT2D eigenvalue weighted by Gasteiger charge is -2.22. The van der Waals surface area contributed by atoms with Crippen molar-refractivity contribution < 1.29 is 14.3 Å². The zero-order valence-electron chi connectivity index (χ0n) is 10.9. The van der Waals surface area contributed by atoms with E-state index in [1.165, 1.54) is 6.42 Å². The molecular formula is C14H18BrNO3. The molecule has 1 fully saturated rings. The number of hydrogen-bond donors (Lipinski definition) is 1. The highest BCUT2D eigenvalue weighted by Gasteiger charge is 2.17. The van der Waals surface area contributed by atoms with Crippen molar-refractivity contribution in [2.24, 2.45) is 0 Å². The van der Waals surface area contributed by atoms with Crippen LogP contribution in [0.25, 0.3) is 0 Å². The first-order valence-electron chi connectivity index (χ1n) is 6.44. The predicted octanol–water partition coefficient (Wildman–Crippen LogP) is 2.76. The molecule has 1 aliphatic rings. The summed E-state index contributed by atoms with van der Waals surface area (Å²) in [7, 11) is 1.56. The molecule has 1 unspecified atom stereocenters. The zero-order valence-corrected chi connectivity index (χ0v) is 12.5. The molecule has 1 aliphatic heterocycles. The highest BCUT2D eigenvalue weighted by Crippen LogP contribution is 2.23. The van der Waals surface area contributed by atoms with Gasteiger partial charge in [0, 0.05) is 17.6 Å². The monoisotopic (exact) mass is 327 g/mol. The maximum atomic E-state index is 12.1. The van der Waals surface area contributed by atoms with Gasteiger partial charge in [-0.15, -0.1) is 0 Å². The van der Waals surface area contributed by atoms with Crippen LogP contribution in [-0.4, -0.2) is 32.3 Å². The maximum absolute atomic E-state index is 12.1. The molecular weight excluding hydrogens is 310 g/mol. The fourth-order valence-corrected chi connectivity index (χ4v) is 2.46. The number of carbonyl (C=O) groups is 1. The van der Waals surface area contributed by atoms with Crippen LogP contribution in [-0.2, 0) is 4.74 Å². The molecule has 0 aliphatic carbocycles. The Kier molecular flexibility index (Phi) is 5.22. The number of amides is 1. The van der Waals surface area contributed by atoms with E-state index in [1.54, 1.807) is 19.2 Å². The lowest BCUT2D eigenvalue weighted by molar-refractivity contribution is 0.0169. The summed E-state index contributed by atoms with van der Waals surface area (Å²) in [6, 6.07) is 5.36. The molecule has 1 aromatic carbocycles. The number of rotatable bonds is 4. The van der Waals surface area contributed by atoms with Crippen LogP contribution in [0.1, 0.15) is 29.6 Å². The minimum absolute atomic E-state index is 0.126. The van der Waals surface area contributed by atoms with Crippen molar-refractivity contribution in [1.82, 2.24) is 5.32 Å². The third kappa shape index (κ3) is 3.94. The van der Waals surface area contributed by atoms with Crippen LogP contribution in [0.15, 0.2) is 22.7 Å². The smallest absolute Gasteiger partial charge is 0.255 e. The minimum Gasteiger partial charge on any atom is -0.496 e. The van der Waals surface area contributed by atoms with Crippen LogP contribution < -0.4 is 10.1 Å². The van der Waals surface area contributed by atoms with Crippen molar-refractivity contribution in [2.45, 2.75) is 25.4 Å². The first kappa shape index (κ1) is 14.3. The van der Waals surface area contributed by atoms with Gasteiger partial charge in [0.1, 0.15) is 5.75 Å². The fourth-order valence-electron chi connectivity index (χ4n) is 2.12. The lowest BCUT2D eigenvalue weighted by Crippen LogP contribution is -2.35. The number of halogens is 1. The number of benzene rings is 1. The van der Waals surface area contributed by atoms with Crippen LogP contribution in [0.3, 0.4) is 0 Å². The van der Waals surface area contributed by atoms with Gasteiger partial charge in [0.15, 0.2) is 0 Å². The van der Waals surface area contributed by atoms with E-state index in [0.29, 0.717) is 17.9 Å². The molecule has 1 N–H and O–H groups in total. The largest absolute Gasteiger partial charge is 0.496 e. The number of methoxy groups -OCH3 is 1. The topological polar surface area (TPSA) is 47.6 Å². The normalized spacial score (nSPS) is 18.9. The number of hydrogen-bond acceptors (Lipinski definition) is 3. The van der Waals surface area contributed by atoms with Gasteiger partial charge in [0.2, 0.25) is 0 Å². The first-order valence-corrected chi connectivity index (χ1v) is 7.23. The van der Waals surface area contributed by atoms with E-state index >= 15 is 0 Å². The van der Waals surface area contributed by atoms with E-state index in [2.05, 4.69) is 21.2 Å². The second-order valence-corrected chi connectivity index (χ2v) is 5.46. The summed E-state index contributed by atoms with van der Waals surface area (Å²) < 4.78 is 11.7. The van der Waals surface area contributed by atoms with Gasteiger partial charge in [-0.25, -0.2) is 0 Å². The Balaban J connectivity index is 1.95. The molecule has 0 bridgehead atoms. The Morgan fingerprint density at radius 1 is 1.53 bits per heavy atom. The third-order valence-electron chi connectivity index (χ3n) is 3.17. The molecule has 1 saturated heterocycles. The van der Waals surface area contributed by atoms with E-state index in [9.17, 15) is 4.79 Å². The maximum Gasteiger partial charge on any atom is 0.255 e. The van der Waals surface area contributed by atoms with Gasteiger partial charge < -0.3 is 14.8 Å². The summed E-state index contributed by atoms with van der Waals surface area (Å²) in [6.45, 7) is 1.35. The minimum atomic E-state index is -0.126. The summed E-state index contributed by atoms with van der Waals surface area (Å²) in [6.07, 6.45) is 3.43. The Labute approximate surface area is 121 Å². The summed E-state index contributed by atoms with van der Waals surface area (Å²) in [5, 5.41) is 2.90. The van der Waals surface area contributed by atoms with Gasteiger partial charge in [-0.3, -0.25) is 4.79 Å². The fraction of sp³-hybridized carbons (Fsp3) is 0.500. The molecule has 5 heteroatoms. The van der Waals surface area contributed by atoms with Crippen molar-refractivity contribution in [3.8, 4) is 5.75 Å². The number of ether oxygens (including phenoxy) is 2. The quantitative estimate of drug-likeness (QED) is 0.925. The summed E-state index contributed by atoms with van der Waals surface area (Å²) in [4.78, 5) is 12.1. The van der Waals surface area contributed by atoms with Gasteiger partial charge in [0.05, 0.1) is 18.8 Å². The molecule has 1 amide bonds. The van der Waals surface area contributed by atoms with Crippen molar-refractivity contribution >= 4 is 21.8 Å². The van der Waals surface area contributed by atoms with Crippen LogP contribution in [0.4, 0.5) is 0 Å². The predicted molar refractivity (Wildman–Crippen MR) is 76.6 cm³/mol. The molecule has 1 heterocycles. The Morgan fingerprint density at radius 2 is 2.37 bits per heavy atom.